The molecule has 0 bridgehead atoms. The highest BCUT2D eigenvalue weighted by atomic mass is 16.4. The Kier molecular flexibility index (Phi) is 8.38. The smallest absolute Gasteiger partial charge is 0.297 e. The van der Waals surface area contributed by atoms with Crippen molar-refractivity contribution in [3.05, 3.63) is 12.0 Å². The fourth-order valence-electron chi connectivity index (χ4n) is 2.25. The van der Waals surface area contributed by atoms with Crippen molar-refractivity contribution in [2.24, 2.45) is 0 Å². The quantitative estimate of drug-likeness (QED) is 0.680. The average Bonchev–Trinajstić information content (AvgIpc) is 2.94. The van der Waals surface area contributed by atoms with E-state index in [-0.39, 0.29) is 0 Å². The lowest BCUT2D eigenvalue weighted by molar-refractivity contribution is 0.300. The Morgan fingerprint density at radius 3 is 2.43 bits per heavy atom. The van der Waals surface area contributed by atoms with Gasteiger partial charge in [-0.15, -0.1) is 0 Å². The minimum absolute atomic E-state index is 0.460. The molecule has 0 aliphatic heterocycles. The van der Waals surface area contributed by atoms with Crippen molar-refractivity contribution < 1.29 is 4.42 Å². The highest BCUT2D eigenvalue weighted by molar-refractivity contribution is 5.26. The van der Waals surface area contributed by atoms with Crippen LogP contribution in [-0.4, -0.2) is 48.6 Å². The fourth-order valence-corrected chi connectivity index (χ4v) is 2.25. The van der Waals surface area contributed by atoms with Gasteiger partial charge >= 0.3 is 0 Å². The van der Waals surface area contributed by atoms with E-state index in [4.69, 9.17) is 4.42 Å². The predicted octanol–water partition coefficient (Wildman–Crippen LogP) is 2.73. The Balaban J connectivity index is 2.44. The third-order valence-electron chi connectivity index (χ3n) is 3.68. The molecular formula is C16H32N4O. The number of aromatic nitrogens is 1. The largest absolute Gasteiger partial charge is 0.432 e. The first-order valence-electron chi connectivity index (χ1n) is 8.25. The lowest BCUT2D eigenvalue weighted by Crippen LogP contribution is -2.30. The van der Waals surface area contributed by atoms with Gasteiger partial charge in [-0.2, -0.15) is 4.98 Å². The second-order valence-corrected chi connectivity index (χ2v) is 5.62. The minimum atomic E-state index is 0.460. The molecule has 21 heavy (non-hydrogen) atoms. The van der Waals surface area contributed by atoms with Gasteiger partial charge in [-0.05, 0) is 33.0 Å². The average molecular weight is 296 g/mol. The molecular weight excluding hydrogens is 264 g/mol. The predicted molar refractivity (Wildman–Crippen MR) is 88.8 cm³/mol. The van der Waals surface area contributed by atoms with Crippen LogP contribution in [0, 0.1) is 0 Å². The van der Waals surface area contributed by atoms with E-state index < -0.39 is 0 Å². The summed E-state index contributed by atoms with van der Waals surface area (Å²) in [5, 5.41) is 3.36. The van der Waals surface area contributed by atoms with Crippen LogP contribution in [0.15, 0.2) is 10.7 Å². The minimum Gasteiger partial charge on any atom is -0.432 e. The van der Waals surface area contributed by atoms with E-state index in [0.717, 1.165) is 57.4 Å². The fraction of sp³-hybridized carbons (Fsp3) is 0.812. The van der Waals surface area contributed by atoms with Crippen molar-refractivity contribution in [2.45, 2.75) is 53.6 Å². The van der Waals surface area contributed by atoms with Gasteiger partial charge < -0.3 is 19.5 Å². The van der Waals surface area contributed by atoms with Crippen molar-refractivity contribution in [1.82, 2.24) is 15.2 Å². The van der Waals surface area contributed by atoms with Crippen LogP contribution in [0.5, 0.6) is 0 Å². The summed E-state index contributed by atoms with van der Waals surface area (Å²) in [6, 6.07) is 1.21. The Bertz CT molecular complexity index is 374. The second-order valence-electron chi connectivity index (χ2n) is 5.62. The van der Waals surface area contributed by atoms with Gasteiger partial charge in [0, 0.05) is 25.7 Å². The second kappa shape index (κ2) is 9.79. The van der Waals surface area contributed by atoms with Gasteiger partial charge in [-0.1, -0.05) is 27.7 Å². The molecule has 0 aromatic carbocycles. The maximum atomic E-state index is 5.62. The first kappa shape index (κ1) is 18.0. The number of hydrogen-bond donors (Lipinski definition) is 1. The van der Waals surface area contributed by atoms with Crippen molar-refractivity contribution in [2.75, 3.05) is 37.6 Å². The normalized spacial score (nSPS) is 11.6. The number of oxazole rings is 1. The molecule has 1 aromatic heterocycles. The first-order chi connectivity index (χ1) is 10.1. The summed E-state index contributed by atoms with van der Waals surface area (Å²) in [6.07, 6.45) is 2.90. The van der Waals surface area contributed by atoms with Crippen LogP contribution in [0.1, 0.15) is 46.7 Å². The molecule has 1 heterocycles. The summed E-state index contributed by atoms with van der Waals surface area (Å²) in [4.78, 5) is 9.23. The van der Waals surface area contributed by atoms with E-state index in [1.807, 2.05) is 0 Å². The van der Waals surface area contributed by atoms with Gasteiger partial charge in [-0.25, -0.2) is 0 Å². The number of rotatable bonds is 11. The molecule has 0 radical (unpaired) electrons. The zero-order chi connectivity index (χ0) is 15.7. The van der Waals surface area contributed by atoms with E-state index in [9.17, 15) is 0 Å². The SMILES string of the molecule is CCN(CC)CCCN(CC)c1nc(CNC(C)C)co1. The lowest BCUT2D eigenvalue weighted by Gasteiger charge is -2.22. The summed E-state index contributed by atoms with van der Waals surface area (Å²) >= 11 is 0. The van der Waals surface area contributed by atoms with Crippen LogP contribution in [0.4, 0.5) is 6.01 Å². The molecule has 0 amide bonds. The number of nitrogens with one attached hydrogen (secondary N) is 1. The van der Waals surface area contributed by atoms with Crippen LogP contribution >= 0.6 is 0 Å². The van der Waals surface area contributed by atoms with Gasteiger partial charge in [0.15, 0.2) is 0 Å². The Morgan fingerprint density at radius 1 is 1.14 bits per heavy atom. The molecule has 1 N–H and O–H groups in total. The van der Waals surface area contributed by atoms with Crippen molar-refractivity contribution in [1.29, 1.82) is 0 Å². The molecule has 5 nitrogen and oxygen atoms in total. The van der Waals surface area contributed by atoms with Gasteiger partial charge in [-0.3, -0.25) is 0 Å². The number of hydrogen-bond acceptors (Lipinski definition) is 5. The molecule has 1 rings (SSSR count). The van der Waals surface area contributed by atoms with E-state index in [1.165, 1.54) is 0 Å². The van der Waals surface area contributed by atoms with Crippen molar-refractivity contribution in [3.63, 3.8) is 0 Å². The molecule has 1 aromatic rings. The molecule has 5 heteroatoms. The van der Waals surface area contributed by atoms with Crippen molar-refractivity contribution >= 4 is 6.01 Å². The molecule has 0 aliphatic rings. The van der Waals surface area contributed by atoms with Crippen LogP contribution in [0.3, 0.4) is 0 Å². The monoisotopic (exact) mass is 296 g/mol. The molecule has 0 saturated carbocycles. The Morgan fingerprint density at radius 2 is 1.86 bits per heavy atom. The molecule has 0 fully saturated rings. The van der Waals surface area contributed by atoms with Crippen LogP contribution < -0.4 is 10.2 Å². The third kappa shape index (κ3) is 6.48. The van der Waals surface area contributed by atoms with E-state index in [2.05, 4.69) is 54.7 Å². The summed E-state index contributed by atoms with van der Waals surface area (Å²) in [7, 11) is 0. The number of nitrogens with zero attached hydrogens (tertiary/aromatic N) is 3. The topological polar surface area (TPSA) is 44.5 Å². The maximum Gasteiger partial charge on any atom is 0.297 e. The maximum absolute atomic E-state index is 5.62. The summed E-state index contributed by atoms with van der Waals surface area (Å²) in [6.45, 7) is 16.9. The van der Waals surface area contributed by atoms with Gasteiger partial charge in [0.1, 0.15) is 6.26 Å². The van der Waals surface area contributed by atoms with E-state index >= 15 is 0 Å². The molecule has 0 aliphatic carbocycles. The lowest BCUT2D eigenvalue weighted by atomic mass is 10.3. The summed E-state index contributed by atoms with van der Waals surface area (Å²) in [5.74, 6) is 0. The van der Waals surface area contributed by atoms with Crippen LogP contribution in [0.2, 0.25) is 0 Å². The highest BCUT2D eigenvalue weighted by Gasteiger charge is 2.12. The molecule has 0 atom stereocenters. The van der Waals surface area contributed by atoms with E-state index in [0.29, 0.717) is 6.04 Å². The van der Waals surface area contributed by atoms with Crippen molar-refractivity contribution in [3.8, 4) is 0 Å². The summed E-state index contributed by atoms with van der Waals surface area (Å²) in [5.41, 5.74) is 0.973. The first-order valence-corrected chi connectivity index (χ1v) is 8.25. The van der Waals surface area contributed by atoms with Gasteiger partial charge in [0.25, 0.3) is 6.01 Å². The van der Waals surface area contributed by atoms with Gasteiger partial charge in [0.05, 0.1) is 5.69 Å². The van der Waals surface area contributed by atoms with Crippen LogP contribution in [0.25, 0.3) is 0 Å². The van der Waals surface area contributed by atoms with Gasteiger partial charge in [0.2, 0.25) is 0 Å². The molecule has 0 saturated heterocycles. The number of anilines is 1. The molecule has 0 spiro atoms. The summed E-state index contributed by atoms with van der Waals surface area (Å²) < 4.78 is 5.62. The molecule has 0 unspecified atom stereocenters. The zero-order valence-corrected chi connectivity index (χ0v) is 14.4. The zero-order valence-electron chi connectivity index (χ0n) is 14.4. The Labute approximate surface area is 129 Å². The Hall–Kier alpha value is -1.07. The van der Waals surface area contributed by atoms with Crippen LogP contribution in [-0.2, 0) is 6.54 Å². The third-order valence-corrected chi connectivity index (χ3v) is 3.68. The standard InChI is InChI=1S/C16H32N4O/c1-6-19(7-2)10-9-11-20(8-3)16-18-15(13-21-16)12-17-14(4)5/h13-14,17H,6-12H2,1-5H3. The molecule has 122 valence electrons. The highest BCUT2D eigenvalue weighted by Crippen LogP contribution is 2.14. The van der Waals surface area contributed by atoms with E-state index in [1.54, 1.807) is 6.26 Å².